The summed E-state index contributed by atoms with van der Waals surface area (Å²) in [5.74, 6) is 0. The maximum absolute atomic E-state index is 12.8. The monoisotopic (exact) mass is 175 g/mol. The average molecular weight is 175 g/mol. The number of nitrogens with zero attached hydrogens (tertiary/aromatic N) is 2. The van der Waals surface area contributed by atoms with E-state index in [1.807, 2.05) is 0 Å². The molecule has 3 nitrogen and oxygen atoms in total. The minimum Gasteiger partial charge on any atom is -0.328 e. The van der Waals surface area contributed by atoms with E-state index in [4.69, 9.17) is 5.73 Å². The lowest BCUT2D eigenvalue weighted by molar-refractivity contribution is 0.124. The molecule has 1 rings (SSSR count). The maximum atomic E-state index is 12.8. The van der Waals surface area contributed by atoms with E-state index in [9.17, 15) is 4.39 Å². The lowest BCUT2D eigenvalue weighted by Crippen LogP contribution is -2.47. The lowest BCUT2D eigenvalue weighted by atomic mass is 10.3. The third kappa shape index (κ3) is 3.05. The highest BCUT2D eigenvalue weighted by Crippen LogP contribution is 2.01. The molecule has 0 aliphatic carbocycles. The van der Waals surface area contributed by atoms with E-state index < -0.39 is 6.17 Å². The fraction of sp³-hybridized carbons (Fsp3) is 1.00. The minimum atomic E-state index is -0.853. The Hall–Kier alpha value is -0.190. The van der Waals surface area contributed by atoms with Crippen LogP contribution < -0.4 is 5.73 Å². The molecule has 1 aliphatic rings. The molecule has 0 bridgehead atoms. The zero-order valence-corrected chi connectivity index (χ0v) is 7.67. The van der Waals surface area contributed by atoms with Crippen molar-refractivity contribution in [3.63, 3.8) is 0 Å². The summed E-state index contributed by atoms with van der Waals surface area (Å²) in [4.78, 5) is 4.39. The Morgan fingerprint density at radius 1 is 1.33 bits per heavy atom. The van der Waals surface area contributed by atoms with Gasteiger partial charge >= 0.3 is 0 Å². The Kier molecular flexibility index (Phi) is 3.91. The molecule has 0 saturated carbocycles. The quantitative estimate of drug-likeness (QED) is 0.629. The predicted molar refractivity (Wildman–Crippen MR) is 47.9 cm³/mol. The van der Waals surface area contributed by atoms with Gasteiger partial charge in [-0.05, 0) is 7.05 Å². The molecule has 0 spiro atoms. The van der Waals surface area contributed by atoms with Crippen molar-refractivity contribution in [2.24, 2.45) is 5.73 Å². The molecular weight excluding hydrogens is 157 g/mol. The third-order valence-electron chi connectivity index (χ3n) is 2.31. The summed E-state index contributed by atoms with van der Waals surface area (Å²) in [6, 6.07) is 0. The van der Waals surface area contributed by atoms with Gasteiger partial charge in [-0.15, -0.1) is 0 Å². The SMILES string of the molecule is CN1CCN(CC(F)CN)CC1. The molecule has 1 aliphatic heterocycles. The van der Waals surface area contributed by atoms with Gasteiger partial charge in [0.2, 0.25) is 0 Å². The molecule has 1 fully saturated rings. The van der Waals surface area contributed by atoms with Crippen molar-refractivity contribution in [3.05, 3.63) is 0 Å². The molecule has 0 aromatic heterocycles. The first kappa shape index (κ1) is 9.89. The minimum absolute atomic E-state index is 0.145. The van der Waals surface area contributed by atoms with Crippen molar-refractivity contribution in [2.45, 2.75) is 6.17 Å². The number of hydrogen-bond acceptors (Lipinski definition) is 3. The summed E-state index contributed by atoms with van der Waals surface area (Å²) in [5, 5.41) is 0. The molecule has 0 aromatic rings. The van der Waals surface area contributed by atoms with Gasteiger partial charge in [0.1, 0.15) is 6.17 Å². The Bertz CT molecular complexity index is 123. The summed E-state index contributed by atoms with van der Waals surface area (Å²) in [6.45, 7) is 4.67. The molecule has 0 radical (unpaired) electrons. The number of alkyl halides is 1. The second-order valence-corrected chi connectivity index (χ2v) is 3.44. The first-order chi connectivity index (χ1) is 5.72. The van der Waals surface area contributed by atoms with Crippen molar-refractivity contribution in [1.29, 1.82) is 0 Å². The summed E-state index contributed by atoms with van der Waals surface area (Å²) in [6.07, 6.45) is -0.853. The largest absolute Gasteiger partial charge is 0.328 e. The second kappa shape index (κ2) is 4.74. The van der Waals surface area contributed by atoms with E-state index in [0.29, 0.717) is 6.54 Å². The van der Waals surface area contributed by atoms with Gasteiger partial charge in [-0.1, -0.05) is 0 Å². The maximum Gasteiger partial charge on any atom is 0.125 e. The lowest BCUT2D eigenvalue weighted by Gasteiger charge is -2.32. The van der Waals surface area contributed by atoms with Gasteiger partial charge in [-0.2, -0.15) is 0 Å². The van der Waals surface area contributed by atoms with E-state index in [1.165, 1.54) is 0 Å². The first-order valence-corrected chi connectivity index (χ1v) is 4.47. The van der Waals surface area contributed by atoms with Gasteiger partial charge in [-0.25, -0.2) is 4.39 Å². The smallest absolute Gasteiger partial charge is 0.125 e. The van der Waals surface area contributed by atoms with Gasteiger partial charge in [0.25, 0.3) is 0 Å². The molecule has 4 heteroatoms. The van der Waals surface area contributed by atoms with Crippen LogP contribution in [0.2, 0.25) is 0 Å². The van der Waals surface area contributed by atoms with Crippen LogP contribution in [0.3, 0.4) is 0 Å². The summed E-state index contributed by atoms with van der Waals surface area (Å²) >= 11 is 0. The topological polar surface area (TPSA) is 32.5 Å². The second-order valence-electron chi connectivity index (χ2n) is 3.44. The van der Waals surface area contributed by atoms with Gasteiger partial charge in [0, 0.05) is 39.3 Å². The van der Waals surface area contributed by atoms with Crippen LogP contribution in [-0.2, 0) is 0 Å². The number of nitrogens with two attached hydrogens (primary N) is 1. The number of hydrogen-bond donors (Lipinski definition) is 1. The highest BCUT2D eigenvalue weighted by molar-refractivity contribution is 4.72. The van der Waals surface area contributed by atoms with Crippen LogP contribution in [0.1, 0.15) is 0 Å². The Morgan fingerprint density at radius 3 is 2.42 bits per heavy atom. The zero-order valence-electron chi connectivity index (χ0n) is 7.67. The molecule has 1 heterocycles. The average Bonchev–Trinajstić information content (AvgIpc) is 2.09. The Balaban J connectivity index is 2.17. The molecule has 12 heavy (non-hydrogen) atoms. The van der Waals surface area contributed by atoms with E-state index in [1.54, 1.807) is 0 Å². The predicted octanol–water partition coefficient (Wildman–Crippen LogP) is -0.469. The molecule has 0 amide bonds. The summed E-state index contributed by atoms with van der Waals surface area (Å²) in [5.41, 5.74) is 5.20. The normalized spacial score (nSPS) is 24.2. The van der Waals surface area contributed by atoms with E-state index in [0.717, 1.165) is 26.2 Å². The molecule has 72 valence electrons. The third-order valence-corrected chi connectivity index (χ3v) is 2.31. The summed E-state index contributed by atoms with van der Waals surface area (Å²) < 4.78 is 12.8. The van der Waals surface area contributed by atoms with Crippen molar-refractivity contribution < 1.29 is 4.39 Å². The van der Waals surface area contributed by atoms with Crippen molar-refractivity contribution in [2.75, 3.05) is 46.3 Å². The van der Waals surface area contributed by atoms with Crippen molar-refractivity contribution in [1.82, 2.24) is 9.80 Å². The van der Waals surface area contributed by atoms with Crippen molar-refractivity contribution >= 4 is 0 Å². The van der Waals surface area contributed by atoms with Crippen LogP contribution in [-0.4, -0.2) is 62.3 Å². The number of rotatable bonds is 3. The van der Waals surface area contributed by atoms with Gasteiger partial charge in [0.15, 0.2) is 0 Å². The van der Waals surface area contributed by atoms with Crippen molar-refractivity contribution in [3.8, 4) is 0 Å². The molecule has 2 N–H and O–H groups in total. The van der Waals surface area contributed by atoms with Crippen LogP contribution in [0.4, 0.5) is 4.39 Å². The summed E-state index contributed by atoms with van der Waals surface area (Å²) in [7, 11) is 2.09. The van der Waals surface area contributed by atoms with Gasteiger partial charge < -0.3 is 10.6 Å². The van der Waals surface area contributed by atoms with E-state index in [2.05, 4.69) is 16.8 Å². The molecular formula is C8H18FN3. The van der Waals surface area contributed by atoms with Crippen LogP contribution in [0.5, 0.6) is 0 Å². The highest BCUT2D eigenvalue weighted by atomic mass is 19.1. The Labute approximate surface area is 73.3 Å². The van der Waals surface area contributed by atoms with Gasteiger partial charge in [0.05, 0.1) is 0 Å². The molecule has 1 atom stereocenters. The van der Waals surface area contributed by atoms with Crippen LogP contribution in [0, 0.1) is 0 Å². The van der Waals surface area contributed by atoms with E-state index in [-0.39, 0.29) is 6.54 Å². The number of likely N-dealkylation sites (N-methyl/N-ethyl adjacent to an activating group) is 1. The fourth-order valence-electron chi connectivity index (χ4n) is 1.39. The highest BCUT2D eigenvalue weighted by Gasteiger charge is 2.16. The van der Waals surface area contributed by atoms with Gasteiger partial charge in [-0.3, -0.25) is 4.90 Å². The van der Waals surface area contributed by atoms with E-state index >= 15 is 0 Å². The van der Waals surface area contributed by atoms with Crippen LogP contribution in [0.25, 0.3) is 0 Å². The molecule has 1 unspecified atom stereocenters. The van der Waals surface area contributed by atoms with Crippen LogP contribution >= 0.6 is 0 Å². The standard InChI is InChI=1S/C8H18FN3/c1-11-2-4-12(5-3-11)7-8(9)6-10/h8H,2-7,10H2,1H3. The first-order valence-electron chi connectivity index (χ1n) is 4.47. The zero-order chi connectivity index (χ0) is 8.97. The molecule has 0 aromatic carbocycles. The molecule has 1 saturated heterocycles. The number of halogens is 1. The number of piperazine rings is 1. The van der Waals surface area contributed by atoms with Crippen LogP contribution in [0.15, 0.2) is 0 Å². The Morgan fingerprint density at radius 2 is 1.92 bits per heavy atom. The fourth-order valence-corrected chi connectivity index (χ4v) is 1.39.